The number of hydrogen-bond donors (Lipinski definition) is 1. The average Bonchev–Trinajstić information content (AvgIpc) is 2.75. The van der Waals surface area contributed by atoms with Gasteiger partial charge in [0.25, 0.3) is 0 Å². The van der Waals surface area contributed by atoms with Crippen LogP contribution in [0.3, 0.4) is 0 Å². The molecule has 1 saturated carbocycles. The minimum atomic E-state index is -0.361. The third-order valence-electron chi connectivity index (χ3n) is 4.47. The van der Waals surface area contributed by atoms with E-state index in [2.05, 4.69) is 0 Å². The van der Waals surface area contributed by atoms with E-state index in [1.807, 2.05) is 0 Å². The Balaban J connectivity index is 1.75. The summed E-state index contributed by atoms with van der Waals surface area (Å²) < 4.78 is 5.79. The summed E-state index contributed by atoms with van der Waals surface area (Å²) in [5, 5.41) is 10.7. The van der Waals surface area contributed by atoms with E-state index in [4.69, 9.17) is 4.74 Å². The fourth-order valence-corrected chi connectivity index (χ4v) is 3.75. The molecule has 3 fully saturated rings. The molecule has 2 heteroatoms. The van der Waals surface area contributed by atoms with Crippen molar-refractivity contribution in [2.75, 3.05) is 0 Å². The van der Waals surface area contributed by atoms with Crippen LogP contribution in [-0.2, 0) is 4.74 Å². The van der Waals surface area contributed by atoms with Crippen LogP contribution in [0.2, 0.25) is 0 Å². The molecule has 0 amide bonds. The normalized spacial score (nSPS) is 48.6. The number of rotatable bonds is 1. The number of ether oxygens (including phenoxy) is 1. The number of aliphatic hydroxyl groups is 1. The Bertz CT molecular complexity index is 208. The zero-order chi connectivity index (χ0) is 9.60. The highest BCUT2D eigenvalue weighted by atomic mass is 16.5. The molecule has 0 radical (unpaired) electrons. The van der Waals surface area contributed by atoms with Crippen LogP contribution in [0.5, 0.6) is 0 Å². The first-order valence-electron chi connectivity index (χ1n) is 6.14. The monoisotopic (exact) mass is 196 g/mol. The number of fused-ring (bicyclic) bond motifs is 2. The van der Waals surface area contributed by atoms with Gasteiger partial charge in [0.2, 0.25) is 0 Å². The molecule has 3 rings (SSSR count). The summed E-state index contributed by atoms with van der Waals surface area (Å²) in [6.45, 7) is 0. The molecular weight excluding hydrogens is 176 g/mol. The maximum atomic E-state index is 10.7. The molecule has 2 aliphatic heterocycles. The van der Waals surface area contributed by atoms with Crippen molar-refractivity contribution in [2.45, 2.75) is 69.2 Å². The molecule has 14 heavy (non-hydrogen) atoms. The summed E-state index contributed by atoms with van der Waals surface area (Å²) in [7, 11) is 0. The van der Waals surface area contributed by atoms with Crippen LogP contribution in [0.25, 0.3) is 0 Å². The molecule has 2 bridgehead atoms. The Morgan fingerprint density at radius 3 is 2.07 bits per heavy atom. The highest BCUT2D eigenvalue weighted by Crippen LogP contribution is 2.46. The summed E-state index contributed by atoms with van der Waals surface area (Å²) in [5.74, 6) is 0.578. The molecule has 1 aliphatic carbocycles. The van der Waals surface area contributed by atoms with Gasteiger partial charge in [0.1, 0.15) is 0 Å². The zero-order valence-electron chi connectivity index (χ0n) is 8.74. The first-order chi connectivity index (χ1) is 6.76. The van der Waals surface area contributed by atoms with Gasteiger partial charge in [-0.05, 0) is 31.6 Å². The molecule has 2 heterocycles. The minimum absolute atomic E-state index is 0.361. The van der Waals surface area contributed by atoms with Gasteiger partial charge in [-0.25, -0.2) is 0 Å². The minimum Gasteiger partial charge on any atom is -0.389 e. The van der Waals surface area contributed by atoms with Crippen molar-refractivity contribution in [3.63, 3.8) is 0 Å². The van der Waals surface area contributed by atoms with Crippen LogP contribution in [0.4, 0.5) is 0 Å². The van der Waals surface area contributed by atoms with Crippen molar-refractivity contribution in [3.8, 4) is 0 Å². The average molecular weight is 196 g/mol. The summed E-state index contributed by atoms with van der Waals surface area (Å²) in [6, 6.07) is 0. The van der Waals surface area contributed by atoms with E-state index in [1.165, 1.54) is 38.5 Å². The molecule has 3 aliphatic rings. The third kappa shape index (κ3) is 1.40. The second-order valence-corrected chi connectivity index (χ2v) is 5.45. The van der Waals surface area contributed by atoms with Gasteiger partial charge in [-0.2, -0.15) is 0 Å². The standard InChI is InChI=1S/C12H20O2/c13-12(9-3-1-2-4-9)7-10-5-6-11(8-12)14-10/h9-11,13H,1-8H2. The molecule has 80 valence electrons. The summed E-state index contributed by atoms with van der Waals surface area (Å²) in [5.41, 5.74) is -0.361. The molecule has 0 spiro atoms. The lowest BCUT2D eigenvalue weighted by Crippen LogP contribution is -2.45. The van der Waals surface area contributed by atoms with E-state index in [0.29, 0.717) is 18.1 Å². The quantitative estimate of drug-likeness (QED) is 0.697. The second-order valence-electron chi connectivity index (χ2n) is 5.45. The molecule has 0 aromatic heterocycles. The van der Waals surface area contributed by atoms with Gasteiger partial charge < -0.3 is 9.84 Å². The lowest BCUT2D eigenvalue weighted by atomic mass is 9.78. The SMILES string of the molecule is OC1(C2CCCC2)CC2CCC(C1)O2. The van der Waals surface area contributed by atoms with Crippen molar-refractivity contribution in [1.82, 2.24) is 0 Å². The molecule has 2 saturated heterocycles. The maximum Gasteiger partial charge on any atom is 0.0725 e. The third-order valence-corrected chi connectivity index (χ3v) is 4.47. The van der Waals surface area contributed by atoms with E-state index < -0.39 is 0 Å². The van der Waals surface area contributed by atoms with Crippen molar-refractivity contribution < 1.29 is 9.84 Å². The number of hydrogen-bond acceptors (Lipinski definition) is 2. The van der Waals surface area contributed by atoms with Gasteiger partial charge in [0.15, 0.2) is 0 Å². The first-order valence-corrected chi connectivity index (χ1v) is 6.14. The maximum absolute atomic E-state index is 10.7. The van der Waals surface area contributed by atoms with E-state index in [0.717, 1.165) is 12.8 Å². The van der Waals surface area contributed by atoms with Gasteiger partial charge in [-0.15, -0.1) is 0 Å². The molecule has 0 aromatic carbocycles. The second kappa shape index (κ2) is 3.21. The van der Waals surface area contributed by atoms with Crippen molar-refractivity contribution in [3.05, 3.63) is 0 Å². The van der Waals surface area contributed by atoms with Crippen LogP contribution in [0, 0.1) is 5.92 Å². The van der Waals surface area contributed by atoms with Crippen LogP contribution >= 0.6 is 0 Å². The van der Waals surface area contributed by atoms with Gasteiger partial charge in [-0.3, -0.25) is 0 Å². The molecule has 0 aromatic rings. The van der Waals surface area contributed by atoms with E-state index >= 15 is 0 Å². The molecule has 2 atom stereocenters. The van der Waals surface area contributed by atoms with Crippen molar-refractivity contribution in [1.29, 1.82) is 0 Å². The van der Waals surface area contributed by atoms with Crippen LogP contribution < -0.4 is 0 Å². The van der Waals surface area contributed by atoms with Crippen LogP contribution in [0.1, 0.15) is 51.4 Å². The van der Waals surface area contributed by atoms with Gasteiger partial charge in [-0.1, -0.05) is 12.8 Å². The Labute approximate surface area is 85.6 Å². The summed E-state index contributed by atoms with van der Waals surface area (Å²) >= 11 is 0. The predicted octanol–water partition coefficient (Wildman–Crippen LogP) is 2.25. The largest absolute Gasteiger partial charge is 0.389 e. The van der Waals surface area contributed by atoms with Gasteiger partial charge in [0.05, 0.1) is 17.8 Å². The van der Waals surface area contributed by atoms with Gasteiger partial charge >= 0.3 is 0 Å². The Morgan fingerprint density at radius 2 is 1.50 bits per heavy atom. The Hall–Kier alpha value is -0.0800. The lowest BCUT2D eigenvalue weighted by molar-refractivity contribution is -0.137. The van der Waals surface area contributed by atoms with Crippen LogP contribution in [-0.4, -0.2) is 22.9 Å². The summed E-state index contributed by atoms with van der Waals surface area (Å²) in [6.07, 6.45) is 10.1. The van der Waals surface area contributed by atoms with E-state index in [1.54, 1.807) is 0 Å². The zero-order valence-corrected chi connectivity index (χ0v) is 8.74. The highest BCUT2D eigenvalue weighted by molar-refractivity contribution is 4.99. The van der Waals surface area contributed by atoms with E-state index in [-0.39, 0.29) is 5.60 Å². The van der Waals surface area contributed by atoms with Crippen LogP contribution in [0.15, 0.2) is 0 Å². The fraction of sp³-hybridized carbons (Fsp3) is 1.00. The topological polar surface area (TPSA) is 29.5 Å². The lowest BCUT2D eigenvalue weighted by Gasteiger charge is -2.40. The molecular formula is C12H20O2. The van der Waals surface area contributed by atoms with Gasteiger partial charge in [0, 0.05) is 12.8 Å². The summed E-state index contributed by atoms with van der Waals surface area (Å²) in [4.78, 5) is 0. The predicted molar refractivity (Wildman–Crippen MR) is 54.0 cm³/mol. The van der Waals surface area contributed by atoms with Crippen molar-refractivity contribution >= 4 is 0 Å². The first kappa shape index (κ1) is 9.17. The Morgan fingerprint density at radius 1 is 0.929 bits per heavy atom. The molecule has 2 unspecified atom stereocenters. The van der Waals surface area contributed by atoms with Crippen molar-refractivity contribution in [2.24, 2.45) is 5.92 Å². The fourth-order valence-electron chi connectivity index (χ4n) is 3.75. The smallest absolute Gasteiger partial charge is 0.0725 e. The molecule has 2 nitrogen and oxygen atoms in total. The molecule has 1 N–H and O–H groups in total. The van der Waals surface area contributed by atoms with E-state index in [9.17, 15) is 5.11 Å². The highest BCUT2D eigenvalue weighted by Gasteiger charge is 2.48. The Kier molecular flexibility index (Phi) is 2.10.